The molecule has 2 aromatic heterocycles. The maximum absolute atomic E-state index is 7.16. The molecule has 4 nitrogen and oxygen atoms in total. The molecule has 0 aliphatic carbocycles. The smallest absolute Gasteiger partial charge is 0.178 e. The SMILES string of the molecule is Cc1ccc(N(c2ccc([Si](C)(C)C)cc2)c2cc3oc4c(ccc5c4oc4cc(N(c6ccc([Si](C)(C)C)cc6)c6ccc([Si](C)(C)C)cc6)c6ccccc6c45)c3c3ccccc23)cc1. The Morgan fingerprint density at radius 1 is 0.328 bits per heavy atom. The van der Waals surface area contributed by atoms with Gasteiger partial charge in [0, 0.05) is 67.2 Å². The standard InChI is InChI=1S/C60H58N2O2Si3/c1-39-19-21-40(22-20-39)61(41-23-29-44(30-24-41)65(2,3)4)53-37-55-57(49-17-13-11-15-47(49)53)51-35-36-52-58-50-18-14-12-16-48(50)54(38-56(58)64-60(52)59(51)63-55)62(42-25-31-45(32-26-42)66(5,6)7)43-27-33-46(34-28-43)67(8,9)10/h11-38H,1-10H3. The van der Waals surface area contributed by atoms with Crippen LogP contribution in [0.15, 0.2) is 179 Å². The fourth-order valence-electron chi connectivity index (χ4n) is 10.0. The Bertz CT molecular complexity index is 3620. The van der Waals surface area contributed by atoms with Crippen molar-refractivity contribution in [3.63, 3.8) is 0 Å². The van der Waals surface area contributed by atoms with E-state index in [1.54, 1.807) is 0 Å². The lowest BCUT2D eigenvalue weighted by Gasteiger charge is -2.28. The third kappa shape index (κ3) is 7.41. The Labute approximate surface area is 397 Å². The van der Waals surface area contributed by atoms with Crippen LogP contribution in [-0.2, 0) is 0 Å². The molecule has 0 atom stereocenters. The molecule has 0 aliphatic heterocycles. The average Bonchev–Trinajstić information content (AvgIpc) is 3.88. The first-order valence-electron chi connectivity index (χ1n) is 23.7. The molecule has 0 amide bonds. The van der Waals surface area contributed by atoms with Crippen molar-refractivity contribution in [3.8, 4) is 0 Å². The zero-order valence-electron chi connectivity index (χ0n) is 40.4. The minimum Gasteiger partial charge on any atom is -0.452 e. The van der Waals surface area contributed by atoms with Crippen molar-refractivity contribution in [2.24, 2.45) is 0 Å². The second-order valence-electron chi connectivity index (χ2n) is 21.5. The van der Waals surface area contributed by atoms with Crippen LogP contribution in [0.4, 0.5) is 34.1 Å². The molecule has 2 heterocycles. The number of fused-ring (bicyclic) bond motifs is 11. The summed E-state index contributed by atoms with van der Waals surface area (Å²) >= 11 is 0. The molecule has 11 aromatic rings. The van der Waals surface area contributed by atoms with Gasteiger partial charge in [-0.3, -0.25) is 0 Å². The van der Waals surface area contributed by atoms with Gasteiger partial charge in [0.1, 0.15) is 11.2 Å². The minimum absolute atomic E-state index is 0.763. The first-order valence-corrected chi connectivity index (χ1v) is 34.2. The van der Waals surface area contributed by atoms with Gasteiger partial charge in [-0.2, -0.15) is 0 Å². The molecule has 0 saturated heterocycles. The van der Waals surface area contributed by atoms with E-state index in [1.807, 2.05) is 0 Å². The molecule has 0 aliphatic rings. The highest BCUT2D eigenvalue weighted by Crippen LogP contribution is 2.49. The summed E-state index contributed by atoms with van der Waals surface area (Å²) in [4.78, 5) is 4.80. The van der Waals surface area contributed by atoms with Crippen molar-refractivity contribution in [1.82, 2.24) is 0 Å². The Kier molecular flexibility index (Phi) is 10.1. The van der Waals surface area contributed by atoms with Crippen LogP contribution in [0.3, 0.4) is 0 Å². The first kappa shape index (κ1) is 43.0. The van der Waals surface area contributed by atoms with E-state index >= 15 is 0 Å². The molecular weight excluding hydrogens is 865 g/mol. The lowest BCUT2D eigenvalue weighted by Crippen LogP contribution is -2.37. The lowest BCUT2D eigenvalue weighted by molar-refractivity contribution is 0.633. The monoisotopic (exact) mass is 922 g/mol. The lowest BCUT2D eigenvalue weighted by atomic mass is 9.98. The summed E-state index contributed by atoms with van der Waals surface area (Å²) in [7, 11) is -4.54. The Morgan fingerprint density at radius 2 is 0.627 bits per heavy atom. The second-order valence-corrected chi connectivity index (χ2v) is 36.8. The molecule has 11 rings (SSSR count). The summed E-state index contributed by atoms with van der Waals surface area (Å²) in [5, 5.41) is 13.2. The van der Waals surface area contributed by atoms with Crippen molar-refractivity contribution in [3.05, 3.63) is 175 Å². The van der Waals surface area contributed by atoms with E-state index in [4.69, 9.17) is 8.83 Å². The van der Waals surface area contributed by atoms with Crippen LogP contribution < -0.4 is 25.4 Å². The maximum Gasteiger partial charge on any atom is 0.178 e. The van der Waals surface area contributed by atoms with E-state index in [0.717, 1.165) is 99.5 Å². The number of nitrogens with zero attached hydrogens (tertiary/aromatic N) is 2. The molecular formula is C60H58N2O2Si3. The zero-order chi connectivity index (χ0) is 46.6. The number of hydrogen-bond acceptors (Lipinski definition) is 4. The quantitative estimate of drug-likeness (QED) is 0.135. The Hall–Kier alpha value is -6.65. The van der Waals surface area contributed by atoms with Gasteiger partial charge in [0.15, 0.2) is 11.2 Å². The number of furan rings is 2. The highest BCUT2D eigenvalue weighted by molar-refractivity contribution is 6.89. The van der Waals surface area contributed by atoms with Crippen molar-refractivity contribution < 1.29 is 8.83 Å². The predicted molar refractivity (Wildman–Crippen MR) is 299 cm³/mol. The summed E-state index contributed by atoms with van der Waals surface area (Å²) in [6, 6.07) is 63.2. The number of aryl methyl sites for hydroxylation is 1. The van der Waals surface area contributed by atoms with Gasteiger partial charge < -0.3 is 18.6 Å². The molecule has 0 fully saturated rings. The van der Waals surface area contributed by atoms with E-state index in [0.29, 0.717) is 0 Å². The largest absolute Gasteiger partial charge is 0.452 e. The van der Waals surface area contributed by atoms with Crippen molar-refractivity contribution in [2.75, 3.05) is 9.80 Å². The van der Waals surface area contributed by atoms with Gasteiger partial charge in [-0.25, -0.2) is 0 Å². The van der Waals surface area contributed by atoms with Crippen molar-refractivity contribution in [1.29, 1.82) is 0 Å². The normalized spacial score (nSPS) is 12.6. The fourth-order valence-corrected chi connectivity index (χ4v) is 13.5. The molecule has 332 valence electrons. The summed E-state index contributed by atoms with van der Waals surface area (Å²) in [5.74, 6) is 0. The highest BCUT2D eigenvalue weighted by atomic mass is 28.3. The summed E-state index contributed by atoms with van der Waals surface area (Å²) in [6.45, 7) is 23.8. The van der Waals surface area contributed by atoms with E-state index in [2.05, 4.69) is 246 Å². The highest BCUT2D eigenvalue weighted by Gasteiger charge is 2.27. The molecule has 0 radical (unpaired) electrons. The molecule has 0 bridgehead atoms. The topological polar surface area (TPSA) is 32.8 Å². The second kappa shape index (κ2) is 15.7. The Morgan fingerprint density at radius 3 is 0.940 bits per heavy atom. The molecule has 9 aromatic carbocycles. The van der Waals surface area contributed by atoms with Gasteiger partial charge >= 0.3 is 0 Å². The molecule has 7 heteroatoms. The van der Waals surface area contributed by atoms with Crippen LogP contribution in [0.25, 0.3) is 65.4 Å². The maximum atomic E-state index is 7.16. The number of benzene rings is 9. The molecule has 0 N–H and O–H groups in total. The number of hydrogen-bond donors (Lipinski definition) is 0. The van der Waals surface area contributed by atoms with Crippen LogP contribution in [0.1, 0.15) is 5.56 Å². The molecule has 0 unspecified atom stereocenters. The zero-order valence-corrected chi connectivity index (χ0v) is 43.4. The van der Waals surface area contributed by atoms with Crippen LogP contribution in [-0.4, -0.2) is 24.2 Å². The molecule has 0 saturated carbocycles. The van der Waals surface area contributed by atoms with Gasteiger partial charge in [0.05, 0.1) is 35.6 Å². The number of rotatable bonds is 9. The van der Waals surface area contributed by atoms with Crippen LogP contribution in [0, 0.1) is 6.92 Å². The third-order valence-electron chi connectivity index (χ3n) is 13.8. The van der Waals surface area contributed by atoms with Gasteiger partial charge in [-0.15, -0.1) is 0 Å². The van der Waals surface area contributed by atoms with Crippen LogP contribution in [0.5, 0.6) is 0 Å². The predicted octanol–water partition coefficient (Wildman–Crippen LogP) is 16.7. The summed E-state index contributed by atoms with van der Waals surface area (Å²) in [5.41, 5.74) is 11.0. The average molecular weight is 923 g/mol. The van der Waals surface area contributed by atoms with Crippen LogP contribution in [0.2, 0.25) is 58.9 Å². The van der Waals surface area contributed by atoms with E-state index < -0.39 is 24.2 Å². The fraction of sp³-hybridized carbons (Fsp3) is 0.167. The van der Waals surface area contributed by atoms with Gasteiger partial charge in [-0.05, 0) is 78.4 Å². The van der Waals surface area contributed by atoms with Crippen molar-refractivity contribution in [2.45, 2.75) is 65.8 Å². The number of anilines is 6. The minimum atomic E-state index is -1.52. The van der Waals surface area contributed by atoms with Gasteiger partial charge in [-0.1, -0.05) is 177 Å². The van der Waals surface area contributed by atoms with E-state index in [-0.39, 0.29) is 0 Å². The van der Waals surface area contributed by atoms with Gasteiger partial charge in [0.2, 0.25) is 0 Å². The van der Waals surface area contributed by atoms with E-state index in [1.165, 1.54) is 21.1 Å². The van der Waals surface area contributed by atoms with E-state index in [9.17, 15) is 0 Å². The van der Waals surface area contributed by atoms with Crippen molar-refractivity contribution >= 4 is 139 Å². The summed E-state index contributed by atoms with van der Waals surface area (Å²) < 4.78 is 14.3. The molecule has 67 heavy (non-hydrogen) atoms. The van der Waals surface area contributed by atoms with Gasteiger partial charge in [0.25, 0.3) is 0 Å². The summed E-state index contributed by atoms with van der Waals surface area (Å²) in [6.07, 6.45) is 0. The third-order valence-corrected chi connectivity index (χ3v) is 20.0. The Balaban J connectivity index is 1.14. The molecule has 0 spiro atoms. The first-order chi connectivity index (χ1) is 32.0. The van der Waals surface area contributed by atoms with Crippen LogP contribution >= 0.6 is 0 Å².